The van der Waals surface area contributed by atoms with Gasteiger partial charge in [-0.3, -0.25) is 14.5 Å². The van der Waals surface area contributed by atoms with E-state index in [2.05, 4.69) is 4.90 Å². The second kappa shape index (κ2) is 8.79. The standard InChI is InChI=1S/C20H27N3O5/c24-19(14-16-1-2-17-18(13-16)28-12-11-27-17)22-3-5-23(6-4-22)20(25)15-21-7-9-26-10-8-21/h1-2,13H,3-12,14-15H2. The van der Waals surface area contributed by atoms with Gasteiger partial charge in [0.1, 0.15) is 13.2 Å². The van der Waals surface area contributed by atoms with E-state index >= 15 is 0 Å². The van der Waals surface area contributed by atoms with Gasteiger partial charge >= 0.3 is 0 Å². The van der Waals surface area contributed by atoms with E-state index in [-0.39, 0.29) is 11.8 Å². The van der Waals surface area contributed by atoms with Crippen molar-refractivity contribution in [3.63, 3.8) is 0 Å². The lowest BCUT2D eigenvalue weighted by molar-refractivity contribution is -0.140. The Balaban J connectivity index is 1.25. The number of ether oxygens (including phenoxy) is 3. The minimum atomic E-state index is 0.0805. The van der Waals surface area contributed by atoms with Gasteiger partial charge in [-0.1, -0.05) is 6.07 Å². The molecule has 0 saturated carbocycles. The highest BCUT2D eigenvalue weighted by Gasteiger charge is 2.26. The predicted octanol–water partition coefficient (Wildman–Crippen LogP) is 0.00330. The first-order chi connectivity index (χ1) is 13.7. The average Bonchev–Trinajstić information content (AvgIpc) is 2.74. The van der Waals surface area contributed by atoms with Gasteiger partial charge in [0.25, 0.3) is 0 Å². The third-order valence-corrected chi connectivity index (χ3v) is 5.41. The summed E-state index contributed by atoms with van der Waals surface area (Å²) in [6, 6.07) is 5.65. The number of amides is 2. The van der Waals surface area contributed by atoms with E-state index in [0.717, 1.165) is 24.4 Å². The first-order valence-electron chi connectivity index (χ1n) is 9.93. The number of hydrogen-bond donors (Lipinski definition) is 0. The lowest BCUT2D eigenvalue weighted by atomic mass is 10.1. The van der Waals surface area contributed by atoms with Gasteiger partial charge in [-0.15, -0.1) is 0 Å². The molecule has 3 aliphatic heterocycles. The molecule has 0 aromatic heterocycles. The Morgan fingerprint density at radius 2 is 1.43 bits per heavy atom. The van der Waals surface area contributed by atoms with Crippen molar-refractivity contribution in [2.24, 2.45) is 0 Å². The molecule has 0 radical (unpaired) electrons. The minimum Gasteiger partial charge on any atom is -0.486 e. The highest BCUT2D eigenvalue weighted by atomic mass is 16.6. The maximum absolute atomic E-state index is 12.7. The zero-order valence-corrected chi connectivity index (χ0v) is 16.1. The van der Waals surface area contributed by atoms with Crippen LogP contribution in [0.3, 0.4) is 0 Å². The number of benzene rings is 1. The van der Waals surface area contributed by atoms with Crippen molar-refractivity contribution in [2.45, 2.75) is 6.42 Å². The van der Waals surface area contributed by atoms with E-state index in [1.165, 1.54) is 0 Å². The van der Waals surface area contributed by atoms with E-state index in [4.69, 9.17) is 14.2 Å². The summed E-state index contributed by atoms with van der Waals surface area (Å²) in [5.74, 6) is 1.66. The fraction of sp³-hybridized carbons (Fsp3) is 0.600. The van der Waals surface area contributed by atoms with E-state index in [1.54, 1.807) is 0 Å². The summed E-state index contributed by atoms with van der Waals surface area (Å²) in [5, 5.41) is 0. The molecule has 152 valence electrons. The SMILES string of the molecule is O=C(Cc1ccc2c(c1)OCCO2)N1CCN(C(=O)CN2CCOCC2)CC1. The molecule has 0 N–H and O–H groups in total. The van der Waals surface area contributed by atoms with Gasteiger partial charge in [0.2, 0.25) is 11.8 Å². The molecule has 8 nitrogen and oxygen atoms in total. The summed E-state index contributed by atoms with van der Waals surface area (Å²) in [6.45, 7) is 6.87. The molecule has 0 spiro atoms. The smallest absolute Gasteiger partial charge is 0.236 e. The van der Waals surface area contributed by atoms with E-state index in [9.17, 15) is 9.59 Å². The van der Waals surface area contributed by atoms with Crippen molar-refractivity contribution in [3.05, 3.63) is 23.8 Å². The Morgan fingerprint density at radius 3 is 2.14 bits per heavy atom. The van der Waals surface area contributed by atoms with Crippen LogP contribution in [0.15, 0.2) is 18.2 Å². The molecule has 8 heteroatoms. The molecule has 1 aromatic rings. The summed E-state index contributed by atoms with van der Waals surface area (Å²) in [5.41, 5.74) is 0.917. The summed E-state index contributed by atoms with van der Waals surface area (Å²) in [7, 11) is 0. The number of nitrogens with zero attached hydrogens (tertiary/aromatic N) is 3. The Morgan fingerprint density at radius 1 is 0.786 bits per heavy atom. The maximum atomic E-state index is 12.7. The first kappa shape index (κ1) is 19.0. The highest BCUT2D eigenvalue weighted by Crippen LogP contribution is 2.31. The van der Waals surface area contributed by atoms with Crippen LogP contribution in [0.25, 0.3) is 0 Å². The van der Waals surface area contributed by atoms with Gasteiger partial charge < -0.3 is 24.0 Å². The Labute approximate surface area is 164 Å². The molecular formula is C20H27N3O5. The van der Waals surface area contributed by atoms with Gasteiger partial charge in [0.05, 0.1) is 26.2 Å². The molecule has 0 unspecified atom stereocenters. The van der Waals surface area contributed by atoms with Crippen LogP contribution in [-0.4, -0.2) is 98.8 Å². The van der Waals surface area contributed by atoms with E-state index in [1.807, 2.05) is 28.0 Å². The van der Waals surface area contributed by atoms with Crippen LogP contribution in [0.4, 0.5) is 0 Å². The van der Waals surface area contributed by atoms with E-state index < -0.39 is 0 Å². The fourth-order valence-corrected chi connectivity index (χ4v) is 3.74. The molecular weight excluding hydrogens is 362 g/mol. The number of hydrogen-bond acceptors (Lipinski definition) is 6. The average molecular weight is 389 g/mol. The molecule has 4 rings (SSSR count). The highest BCUT2D eigenvalue weighted by molar-refractivity contribution is 5.81. The van der Waals surface area contributed by atoms with Crippen molar-refractivity contribution in [1.29, 1.82) is 0 Å². The van der Waals surface area contributed by atoms with Gasteiger partial charge in [-0.05, 0) is 17.7 Å². The molecule has 0 aliphatic carbocycles. The zero-order chi connectivity index (χ0) is 19.3. The first-order valence-corrected chi connectivity index (χ1v) is 9.93. The van der Waals surface area contributed by atoms with Gasteiger partial charge in [0, 0.05) is 39.3 Å². The van der Waals surface area contributed by atoms with Crippen molar-refractivity contribution < 1.29 is 23.8 Å². The summed E-state index contributed by atoms with van der Waals surface area (Å²) in [6.07, 6.45) is 0.332. The molecule has 0 atom stereocenters. The second-order valence-electron chi connectivity index (χ2n) is 7.30. The lowest BCUT2D eigenvalue weighted by Gasteiger charge is -2.36. The summed E-state index contributed by atoms with van der Waals surface area (Å²) < 4.78 is 16.4. The zero-order valence-electron chi connectivity index (χ0n) is 16.1. The van der Waals surface area contributed by atoms with Gasteiger partial charge in [0.15, 0.2) is 11.5 Å². The van der Waals surface area contributed by atoms with Gasteiger partial charge in [-0.2, -0.15) is 0 Å². The molecule has 2 fully saturated rings. The van der Waals surface area contributed by atoms with E-state index in [0.29, 0.717) is 71.3 Å². The normalized spacial score (nSPS) is 20.1. The second-order valence-corrected chi connectivity index (χ2v) is 7.30. The molecule has 2 saturated heterocycles. The van der Waals surface area contributed by atoms with Crippen LogP contribution in [-0.2, 0) is 20.7 Å². The molecule has 3 aliphatic rings. The monoisotopic (exact) mass is 389 g/mol. The number of rotatable bonds is 4. The van der Waals surface area contributed by atoms with Crippen LogP contribution in [0, 0.1) is 0 Å². The number of piperazine rings is 1. The molecule has 28 heavy (non-hydrogen) atoms. The van der Waals surface area contributed by atoms with Crippen molar-refractivity contribution in [3.8, 4) is 11.5 Å². The number of morpholine rings is 1. The maximum Gasteiger partial charge on any atom is 0.236 e. The summed E-state index contributed by atoms with van der Waals surface area (Å²) in [4.78, 5) is 31.0. The van der Waals surface area contributed by atoms with Crippen LogP contribution >= 0.6 is 0 Å². The third kappa shape index (κ3) is 4.56. The third-order valence-electron chi connectivity index (χ3n) is 5.41. The van der Waals surface area contributed by atoms with Crippen LogP contribution in [0.5, 0.6) is 11.5 Å². The van der Waals surface area contributed by atoms with Crippen LogP contribution in [0.2, 0.25) is 0 Å². The Hall–Kier alpha value is -2.32. The number of carbonyl (C=O) groups excluding carboxylic acids is 2. The van der Waals surface area contributed by atoms with Crippen molar-refractivity contribution >= 4 is 11.8 Å². The minimum absolute atomic E-state index is 0.0805. The molecule has 3 heterocycles. The fourth-order valence-electron chi connectivity index (χ4n) is 3.74. The molecule has 2 amide bonds. The lowest BCUT2D eigenvalue weighted by Crippen LogP contribution is -2.53. The topological polar surface area (TPSA) is 71.6 Å². The quantitative estimate of drug-likeness (QED) is 0.722. The number of carbonyl (C=O) groups is 2. The largest absolute Gasteiger partial charge is 0.486 e. The van der Waals surface area contributed by atoms with Gasteiger partial charge in [-0.25, -0.2) is 0 Å². The Bertz CT molecular complexity index is 712. The molecule has 0 bridgehead atoms. The predicted molar refractivity (Wildman–Crippen MR) is 102 cm³/mol. The number of fused-ring (bicyclic) bond motifs is 1. The van der Waals surface area contributed by atoms with Crippen LogP contribution in [0.1, 0.15) is 5.56 Å². The van der Waals surface area contributed by atoms with Crippen molar-refractivity contribution in [2.75, 3.05) is 72.2 Å². The molecule has 1 aromatic carbocycles. The van der Waals surface area contributed by atoms with Crippen molar-refractivity contribution in [1.82, 2.24) is 14.7 Å². The Kier molecular flexibility index (Phi) is 5.97. The summed E-state index contributed by atoms with van der Waals surface area (Å²) >= 11 is 0. The van der Waals surface area contributed by atoms with Crippen LogP contribution < -0.4 is 9.47 Å².